The highest BCUT2D eigenvalue weighted by Gasteiger charge is 2.14. The van der Waals surface area contributed by atoms with Gasteiger partial charge >= 0.3 is 0 Å². The van der Waals surface area contributed by atoms with Crippen LogP contribution in [-0.4, -0.2) is 24.2 Å². The number of aryl methyl sites for hydroxylation is 1. The second-order valence-corrected chi connectivity index (χ2v) is 4.87. The van der Waals surface area contributed by atoms with Crippen LogP contribution < -0.4 is 5.32 Å². The van der Waals surface area contributed by atoms with Crippen LogP contribution in [0, 0.1) is 18.3 Å². The second kappa shape index (κ2) is 5.80. The van der Waals surface area contributed by atoms with E-state index < -0.39 is 0 Å². The molecule has 1 fully saturated rings. The Kier molecular flexibility index (Phi) is 4.13. The minimum absolute atomic E-state index is 0.282. The molecule has 1 aromatic rings. The van der Waals surface area contributed by atoms with Gasteiger partial charge in [0.05, 0.1) is 6.10 Å². The van der Waals surface area contributed by atoms with Crippen molar-refractivity contribution in [2.24, 2.45) is 0 Å². The lowest BCUT2D eigenvalue weighted by atomic mass is 10.2. The quantitative estimate of drug-likeness (QED) is 0.830. The van der Waals surface area contributed by atoms with E-state index in [1.807, 2.05) is 12.3 Å². The number of rotatable bonds is 4. The highest BCUT2D eigenvalue weighted by atomic mass is 32.1. The van der Waals surface area contributed by atoms with Crippen molar-refractivity contribution in [1.29, 1.82) is 5.26 Å². The minimum atomic E-state index is 0.282. The molecule has 0 bridgehead atoms. The first-order chi connectivity index (χ1) is 8.29. The van der Waals surface area contributed by atoms with Crippen LogP contribution in [0.15, 0.2) is 11.6 Å². The van der Waals surface area contributed by atoms with Gasteiger partial charge in [-0.1, -0.05) is 0 Å². The predicted octanol–water partition coefficient (Wildman–Crippen LogP) is 2.08. The molecule has 0 unspecified atom stereocenters. The Morgan fingerprint density at radius 1 is 1.82 bits per heavy atom. The summed E-state index contributed by atoms with van der Waals surface area (Å²) in [7, 11) is 0. The topological polar surface area (TPSA) is 57.9 Å². The SMILES string of the molecule is Cc1csc(/C(C#N)=C\NC[C@@H]2CCCO2)n1. The van der Waals surface area contributed by atoms with Gasteiger partial charge in [-0.2, -0.15) is 5.26 Å². The van der Waals surface area contributed by atoms with Crippen molar-refractivity contribution in [1.82, 2.24) is 10.3 Å². The van der Waals surface area contributed by atoms with E-state index in [-0.39, 0.29) is 6.10 Å². The summed E-state index contributed by atoms with van der Waals surface area (Å²) in [6.45, 7) is 3.54. The van der Waals surface area contributed by atoms with Gasteiger partial charge in [0.25, 0.3) is 0 Å². The highest BCUT2D eigenvalue weighted by molar-refractivity contribution is 7.10. The number of aromatic nitrogens is 1. The molecule has 17 heavy (non-hydrogen) atoms. The smallest absolute Gasteiger partial charge is 0.135 e. The molecule has 1 atom stereocenters. The molecule has 1 saturated heterocycles. The van der Waals surface area contributed by atoms with Crippen molar-refractivity contribution in [3.8, 4) is 6.07 Å². The number of ether oxygens (including phenoxy) is 1. The van der Waals surface area contributed by atoms with Gasteiger partial charge < -0.3 is 10.1 Å². The number of thiazole rings is 1. The van der Waals surface area contributed by atoms with Crippen LogP contribution in [0.3, 0.4) is 0 Å². The van der Waals surface area contributed by atoms with E-state index in [9.17, 15) is 0 Å². The predicted molar refractivity (Wildman–Crippen MR) is 67.4 cm³/mol. The number of allylic oxidation sites excluding steroid dienone is 1. The lowest BCUT2D eigenvalue weighted by molar-refractivity contribution is 0.113. The number of nitrogens with one attached hydrogen (secondary N) is 1. The fourth-order valence-corrected chi connectivity index (χ4v) is 2.48. The van der Waals surface area contributed by atoms with E-state index >= 15 is 0 Å². The molecule has 1 aromatic heterocycles. The molecule has 0 radical (unpaired) electrons. The van der Waals surface area contributed by atoms with Crippen LogP contribution >= 0.6 is 11.3 Å². The summed E-state index contributed by atoms with van der Waals surface area (Å²) in [6, 6.07) is 2.16. The zero-order valence-electron chi connectivity index (χ0n) is 9.77. The number of hydrogen-bond acceptors (Lipinski definition) is 5. The van der Waals surface area contributed by atoms with Crippen molar-refractivity contribution in [2.75, 3.05) is 13.2 Å². The largest absolute Gasteiger partial charge is 0.387 e. The molecular weight excluding hydrogens is 234 g/mol. The van der Waals surface area contributed by atoms with E-state index in [1.54, 1.807) is 6.20 Å². The van der Waals surface area contributed by atoms with Crippen LogP contribution in [0.1, 0.15) is 23.5 Å². The summed E-state index contributed by atoms with van der Waals surface area (Å²) in [6.07, 6.45) is 4.25. The molecule has 1 aliphatic heterocycles. The van der Waals surface area contributed by atoms with Gasteiger partial charge in [0.15, 0.2) is 0 Å². The van der Waals surface area contributed by atoms with Crippen molar-refractivity contribution in [2.45, 2.75) is 25.9 Å². The third-order valence-corrected chi connectivity index (χ3v) is 3.58. The molecule has 0 saturated carbocycles. The summed E-state index contributed by atoms with van der Waals surface area (Å²) in [5.41, 5.74) is 1.53. The van der Waals surface area contributed by atoms with Crippen LogP contribution in [-0.2, 0) is 4.74 Å². The van der Waals surface area contributed by atoms with Gasteiger partial charge in [-0.25, -0.2) is 4.98 Å². The zero-order chi connectivity index (χ0) is 12.1. The highest BCUT2D eigenvalue weighted by Crippen LogP contribution is 2.18. The molecule has 1 N–H and O–H groups in total. The van der Waals surface area contributed by atoms with Crippen LogP contribution in [0.4, 0.5) is 0 Å². The van der Waals surface area contributed by atoms with Gasteiger partial charge in [-0.15, -0.1) is 11.3 Å². The number of hydrogen-bond donors (Lipinski definition) is 1. The lowest BCUT2D eigenvalue weighted by Gasteiger charge is -2.08. The first-order valence-electron chi connectivity index (χ1n) is 5.67. The molecule has 0 spiro atoms. The molecule has 4 nitrogen and oxygen atoms in total. The van der Waals surface area contributed by atoms with E-state index in [0.717, 1.165) is 36.7 Å². The van der Waals surface area contributed by atoms with E-state index in [2.05, 4.69) is 16.4 Å². The Morgan fingerprint density at radius 3 is 3.29 bits per heavy atom. The summed E-state index contributed by atoms with van der Waals surface area (Å²) < 4.78 is 5.49. The van der Waals surface area contributed by atoms with Gasteiger partial charge in [-0.3, -0.25) is 0 Å². The van der Waals surface area contributed by atoms with Crippen molar-refractivity contribution < 1.29 is 4.74 Å². The Balaban J connectivity index is 1.91. The molecule has 1 aliphatic rings. The van der Waals surface area contributed by atoms with Crippen LogP contribution in [0.5, 0.6) is 0 Å². The average molecular weight is 249 g/mol. The molecule has 0 aromatic carbocycles. The summed E-state index contributed by atoms with van der Waals surface area (Å²) >= 11 is 1.49. The fraction of sp³-hybridized carbons (Fsp3) is 0.500. The molecule has 2 heterocycles. The molecule has 2 rings (SSSR count). The summed E-state index contributed by atoms with van der Waals surface area (Å²) in [5.74, 6) is 0. The van der Waals surface area contributed by atoms with Crippen molar-refractivity contribution >= 4 is 16.9 Å². The van der Waals surface area contributed by atoms with Gasteiger partial charge in [0.1, 0.15) is 16.6 Å². The summed E-state index contributed by atoms with van der Waals surface area (Å²) in [4.78, 5) is 4.29. The monoisotopic (exact) mass is 249 g/mol. The van der Waals surface area contributed by atoms with Gasteiger partial charge in [0, 0.05) is 30.4 Å². The first-order valence-corrected chi connectivity index (χ1v) is 6.55. The second-order valence-electron chi connectivity index (χ2n) is 4.01. The molecule has 0 aliphatic carbocycles. The third-order valence-electron chi connectivity index (χ3n) is 2.59. The maximum atomic E-state index is 9.06. The third kappa shape index (κ3) is 3.29. The average Bonchev–Trinajstić information content (AvgIpc) is 2.96. The molecule has 90 valence electrons. The molecule has 5 heteroatoms. The van der Waals surface area contributed by atoms with Crippen molar-refractivity contribution in [3.05, 3.63) is 22.3 Å². The van der Waals surface area contributed by atoms with Gasteiger partial charge in [-0.05, 0) is 19.8 Å². The normalized spacial score (nSPS) is 20.2. The molecular formula is C12H15N3OS. The minimum Gasteiger partial charge on any atom is -0.387 e. The number of nitrogens with zero attached hydrogens (tertiary/aromatic N) is 2. The maximum Gasteiger partial charge on any atom is 0.135 e. The lowest BCUT2D eigenvalue weighted by Crippen LogP contribution is -2.22. The van der Waals surface area contributed by atoms with E-state index in [1.165, 1.54) is 11.3 Å². The fourth-order valence-electron chi connectivity index (χ4n) is 1.72. The zero-order valence-corrected chi connectivity index (χ0v) is 10.6. The Morgan fingerprint density at radius 2 is 2.71 bits per heavy atom. The summed E-state index contributed by atoms with van der Waals surface area (Å²) in [5, 5.41) is 14.9. The number of nitriles is 1. The first kappa shape index (κ1) is 12.1. The maximum absolute atomic E-state index is 9.06. The van der Waals surface area contributed by atoms with E-state index in [0.29, 0.717) is 5.57 Å². The Hall–Kier alpha value is -1.38. The van der Waals surface area contributed by atoms with Crippen molar-refractivity contribution in [3.63, 3.8) is 0 Å². The van der Waals surface area contributed by atoms with E-state index in [4.69, 9.17) is 10.00 Å². The van der Waals surface area contributed by atoms with Gasteiger partial charge in [0.2, 0.25) is 0 Å². The Bertz CT molecular complexity index is 441. The standard InChI is InChI=1S/C12H15N3OS/c1-9-8-17-12(15-9)10(5-13)6-14-7-11-3-2-4-16-11/h6,8,11,14H,2-4,7H2,1H3/b10-6-/t11-/m0/s1. The van der Waals surface area contributed by atoms with Crippen LogP contribution in [0.25, 0.3) is 5.57 Å². The van der Waals surface area contributed by atoms with Crippen LogP contribution in [0.2, 0.25) is 0 Å². The molecule has 0 amide bonds. The Labute approximate surface area is 105 Å².